The Morgan fingerprint density at radius 1 is 1.23 bits per heavy atom. The van der Waals surface area contributed by atoms with Crippen LogP contribution in [-0.2, 0) is 6.54 Å². The van der Waals surface area contributed by atoms with Crippen LogP contribution in [0.4, 0.5) is 5.69 Å². The number of nitrogens with zero attached hydrogens (tertiary/aromatic N) is 2. The molecule has 0 saturated heterocycles. The molecule has 1 amide bonds. The number of benzene rings is 1. The predicted molar refractivity (Wildman–Crippen MR) is 118 cm³/mol. The second-order valence-corrected chi connectivity index (χ2v) is 8.34. The molecule has 0 fully saturated rings. The summed E-state index contributed by atoms with van der Waals surface area (Å²) in [4.78, 5) is 28.6. The number of hydrogen-bond acceptors (Lipinski definition) is 4. The molecule has 0 aliphatic heterocycles. The highest BCUT2D eigenvalue weighted by atomic mass is 32.1. The first-order chi connectivity index (χ1) is 14.5. The fourth-order valence-electron chi connectivity index (χ4n) is 3.60. The van der Waals surface area contributed by atoms with Gasteiger partial charge in [0.2, 0.25) is 0 Å². The van der Waals surface area contributed by atoms with Gasteiger partial charge in [0, 0.05) is 17.3 Å². The molecule has 0 radical (unpaired) electrons. The summed E-state index contributed by atoms with van der Waals surface area (Å²) in [5, 5.41) is 15.0. The lowest BCUT2D eigenvalue weighted by Crippen LogP contribution is -2.17. The smallest absolute Gasteiger partial charge is 0.335 e. The first-order valence-corrected chi connectivity index (χ1v) is 10.8. The van der Waals surface area contributed by atoms with Gasteiger partial charge in [0.1, 0.15) is 10.7 Å². The molecule has 1 aromatic carbocycles. The van der Waals surface area contributed by atoms with Crippen LogP contribution in [0.1, 0.15) is 62.8 Å². The van der Waals surface area contributed by atoms with Crippen molar-refractivity contribution in [2.45, 2.75) is 39.2 Å². The Kier molecular flexibility index (Phi) is 5.81. The topological polar surface area (TPSA) is 84.2 Å². The Bertz CT molecular complexity index is 1110. The highest BCUT2D eigenvalue weighted by Crippen LogP contribution is 2.29. The lowest BCUT2D eigenvalue weighted by Gasteiger charge is -2.10. The number of aromatic carboxylic acids is 1. The molecule has 4 rings (SSSR count). The Labute approximate surface area is 178 Å². The number of carboxylic acids is 1. The van der Waals surface area contributed by atoms with Crippen LogP contribution in [0.3, 0.4) is 0 Å². The van der Waals surface area contributed by atoms with E-state index in [1.54, 1.807) is 23.5 Å². The molecular formula is C23H23N3O3S. The van der Waals surface area contributed by atoms with E-state index in [2.05, 4.69) is 16.8 Å². The molecule has 7 heteroatoms. The molecule has 1 aliphatic rings. The summed E-state index contributed by atoms with van der Waals surface area (Å²) in [7, 11) is 0. The van der Waals surface area contributed by atoms with Crippen LogP contribution >= 0.6 is 11.3 Å². The number of aromatic nitrogens is 2. The molecular weight excluding hydrogens is 398 g/mol. The van der Waals surface area contributed by atoms with E-state index in [-0.39, 0.29) is 11.5 Å². The van der Waals surface area contributed by atoms with Gasteiger partial charge in [0.25, 0.3) is 5.91 Å². The van der Waals surface area contributed by atoms with Gasteiger partial charge in [-0.2, -0.15) is 0 Å². The summed E-state index contributed by atoms with van der Waals surface area (Å²) in [6.07, 6.45) is 8.92. The lowest BCUT2D eigenvalue weighted by atomic mass is 10.0. The van der Waals surface area contributed by atoms with Gasteiger partial charge in [-0.25, -0.2) is 9.78 Å². The van der Waals surface area contributed by atoms with Gasteiger partial charge in [0.15, 0.2) is 0 Å². The van der Waals surface area contributed by atoms with E-state index in [4.69, 9.17) is 10.1 Å². The third-order valence-corrected chi connectivity index (χ3v) is 6.07. The number of allylic oxidation sites excluding steroid dienone is 2. The molecule has 6 nitrogen and oxygen atoms in total. The van der Waals surface area contributed by atoms with Crippen molar-refractivity contribution < 1.29 is 14.7 Å². The average molecular weight is 422 g/mol. The number of rotatable bonds is 6. The molecule has 30 heavy (non-hydrogen) atoms. The summed E-state index contributed by atoms with van der Waals surface area (Å²) in [5.74, 6) is -1.24. The highest BCUT2D eigenvalue weighted by molar-refractivity contribution is 7.10. The van der Waals surface area contributed by atoms with Crippen molar-refractivity contribution in [2.24, 2.45) is 0 Å². The number of thiazole rings is 1. The fourth-order valence-corrected chi connectivity index (χ4v) is 4.48. The van der Waals surface area contributed by atoms with Gasteiger partial charge in [-0.1, -0.05) is 6.08 Å². The van der Waals surface area contributed by atoms with E-state index in [1.807, 2.05) is 23.8 Å². The van der Waals surface area contributed by atoms with E-state index >= 15 is 0 Å². The summed E-state index contributed by atoms with van der Waals surface area (Å²) in [6, 6.07) is 7.97. The Morgan fingerprint density at radius 2 is 2.03 bits per heavy atom. The zero-order valence-corrected chi connectivity index (χ0v) is 17.5. The van der Waals surface area contributed by atoms with Crippen LogP contribution < -0.4 is 5.32 Å². The number of carboxylic acid groups (broad SMARTS) is 1. The second-order valence-electron chi connectivity index (χ2n) is 7.49. The number of amides is 1. The Balaban J connectivity index is 1.49. The minimum absolute atomic E-state index is 0.180. The van der Waals surface area contributed by atoms with Crippen LogP contribution in [-0.4, -0.2) is 26.5 Å². The lowest BCUT2D eigenvalue weighted by molar-refractivity contribution is 0.0696. The minimum Gasteiger partial charge on any atom is -0.478 e. The molecule has 0 saturated carbocycles. The molecule has 3 aromatic rings. The molecule has 2 N–H and O–H groups in total. The van der Waals surface area contributed by atoms with Gasteiger partial charge in [0.05, 0.1) is 17.8 Å². The molecule has 0 atom stereocenters. The van der Waals surface area contributed by atoms with Crippen molar-refractivity contribution in [1.29, 1.82) is 0 Å². The number of carbonyl (C=O) groups is 2. The first kappa shape index (κ1) is 20.1. The summed E-state index contributed by atoms with van der Waals surface area (Å²) >= 11 is 1.66. The first-order valence-electron chi connectivity index (χ1n) is 9.95. The van der Waals surface area contributed by atoms with E-state index in [9.17, 15) is 9.59 Å². The van der Waals surface area contributed by atoms with E-state index in [0.717, 1.165) is 29.1 Å². The monoisotopic (exact) mass is 421 g/mol. The number of nitrogens with one attached hydrogen (secondary N) is 1. The minimum atomic E-state index is -0.996. The van der Waals surface area contributed by atoms with E-state index in [1.165, 1.54) is 30.5 Å². The fraction of sp³-hybridized carbons (Fsp3) is 0.261. The van der Waals surface area contributed by atoms with Gasteiger partial charge < -0.3 is 15.0 Å². The maximum absolute atomic E-state index is 12.8. The van der Waals surface area contributed by atoms with Gasteiger partial charge in [-0.3, -0.25) is 4.79 Å². The highest BCUT2D eigenvalue weighted by Gasteiger charge is 2.16. The number of carbonyl (C=O) groups excluding carboxylic acids is 1. The summed E-state index contributed by atoms with van der Waals surface area (Å²) < 4.78 is 1.91. The second kappa shape index (κ2) is 8.67. The van der Waals surface area contributed by atoms with Gasteiger partial charge in [-0.15, -0.1) is 11.3 Å². The third kappa shape index (κ3) is 4.52. The van der Waals surface area contributed by atoms with Crippen molar-refractivity contribution in [1.82, 2.24) is 9.55 Å². The van der Waals surface area contributed by atoms with Gasteiger partial charge in [-0.05, 0) is 74.1 Å². The van der Waals surface area contributed by atoms with E-state index in [0.29, 0.717) is 17.9 Å². The van der Waals surface area contributed by atoms with Crippen molar-refractivity contribution in [3.05, 3.63) is 75.5 Å². The molecule has 2 aromatic heterocycles. The molecule has 1 aliphatic carbocycles. The van der Waals surface area contributed by atoms with Crippen LogP contribution in [0.5, 0.6) is 0 Å². The number of hydrogen-bond donors (Lipinski definition) is 2. The van der Waals surface area contributed by atoms with E-state index < -0.39 is 5.97 Å². The molecule has 2 heterocycles. The molecule has 0 spiro atoms. The van der Waals surface area contributed by atoms with Crippen molar-refractivity contribution in [3.8, 4) is 0 Å². The maximum Gasteiger partial charge on any atom is 0.335 e. The third-order valence-electron chi connectivity index (χ3n) is 5.11. The molecule has 0 unspecified atom stereocenters. The standard InChI is InChI=1S/C23H23N3O3S/c1-15-11-20(21(27)24-18-9-7-17(8-10-18)23(28)29)26(12-15)13-19-14-30-22(25-19)16-5-3-2-4-6-16/h5,7-12,14H,2-4,6,13H2,1H3,(H,24,27)(H,28,29). The Morgan fingerprint density at radius 3 is 2.73 bits per heavy atom. The largest absolute Gasteiger partial charge is 0.478 e. The summed E-state index contributed by atoms with van der Waals surface area (Å²) in [5.41, 5.74) is 4.55. The van der Waals surface area contributed by atoms with Crippen molar-refractivity contribution >= 4 is 34.5 Å². The molecule has 154 valence electrons. The maximum atomic E-state index is 12.8. The molecule has 0 bridgehead atoms. The van der Waals surface area contributed by atoms with Crippen LogP contribution in [0, 0.1) is 6.92 Å². The number of anilines is 1. The normalized spacial score (nSPS) is 13.7. The van der Waals surface area contributed by atoms with Gasteiger partial charge >= 0.3 is 5.97 Å². The predicted octanol–water partition coefficient (Wildman–Crippen LogP) is 5.21. The van der Waals surface area contributed by atoms with Crippen LogP contribution in [0.2, 0.25) is 0 Å². The summed E-state index contributed by atoms with van der Waals surface area (Å²) in [6.45, 7) is 2.48. The Hall–Kier alpha value is -3.19. The van der Waals surface area contributed by atoms with Crippen molar-refractivity contribution in [3.63, 3.8) is 0 Å². The zero-order chi connectivity index (χ0) is 21.1. The average Bonchev–Trinajstić information content (AvgIpc) is 3.36. The van der Waals surface area contributed by atoms with Crippen molar-refractivity contribution in [2.75, 3.05) is 5.32 Å². The number of aryl methyl sites for hydroxylation is 1. The zero-order valence-electron chi connectivity index (χ0n) is 16.7. The quantitative estimate of drug-likeness (QED) is 0.572. The van der Waals surface area contributed by atoms with Crippen LogP contribution in [0.15, 0.2) is 48.0 Å². The SMILES string of the molecule is Cc1cc(C(=O)Nc2ccc(C(=O)O)cc2)n(Cc2csc(C3=CCCCC3)n2)c1. The van der Waals surface area contributed by atoms with Crippen LogP contribution in [0.25, 0.3) is 5.57 Å².